The molecule has 154 valence electrons. The van der Waals surface area contributed by atoms with Crippen molar-refractivity contribution in [1.29, 1.82) is 0 Å². The second-order valence-electron chi connectivity index (χ2n) is 8.11. The molecule has 0 radical (unpaired) electrons. The summed E-state index contributed by atoms with van der Waals surface area (Å²) in [6, 6.07) is 19.0. The minimum Gasteiger partial charge on any atom is -0.492 e. The normalized spacial score (nSPS) is 20.3. The van der Waals surface area contributed by atoms with Gasteiger partial charge in [0.25, 0.3) is 0 Å². The lowest BCUT2D eigenvalue weighted by molar-refractivity contribution is -0.123. The fourth-order valence-corrected chi connectivity index (χ4v) is 4.30. The topological polar surface area (TPSA) is 44.8 Å². The van der Waals surface area contributed by atoms with Crippen LogP contribution in [0.15, 0.2) is 54.6 Å². The Hall–Kier alpha value is -2.37. The van der Waals surface area contributed by atoms with Crippen molar-refractivity contribution in [3.8, 4) is 5.75 Å². The highest BCUT2D eigenvalue weighted by Crippen LogP contribution is 2.22. The van der Waals surface area contributed by atoms with E-state index in [0.29, 0.717) is 13.2 Å². The van der Waals surface area contributed by atoms with Crippen LogP contribution in [0.5, 0.6) is 5.75 Å². The van der Waals surface area contributed by atoms with Gasteiger partial charge in [0.05, 0.1) is 6.54 Å². The number of carbonyl (C=O) groups excluding carboxylic acids is 1. The van der Waals surface area contributed by atoms with E-state index in [0.717, 1.165) is 63.3 Å². The first kappa shape index (κ1) is 19.9. The number of hydrogen-bond acceptors (Lipinski definition) is 4. The van der Waals surface area contributed by atoms with Gasteiger partial charge in [0.2, 0.25) is 5.91 Å². The van der Waals surface area contributed by atoms with Crippen LogP contribution >= 0.6 is 0 Å². The van der Waals surface area contributed by atoms with Crippen LogP contribution in [0.2, 0.25) is 0 Å². The van der Waals surface area contributed by atoms with Crippen LogP contribution in [-0.4, -0.2) is 61.1 Å². The predicted octanol–water partition coefficient (Wildman–Crippen LogP) is 2.70. The molecule has 2 heterocycles. The first-order chi connectivity index (χ1) is 14.3. The molecule has 1 saturated heterocycles. The van der Waals surface area contributed by atoms with Gasteiger partial charge in [0.15, 0.2) is 0 Å². The molecule has 2 aromatic carbocycles. The minimum atomic E-state index is 0.124. The molecule has 0 saturated carbocycles. The van der Waals surface area contributed by atoms with E-state index in [9.17, 15) is 4.79 Å². The third kappa shape index (κ3) is 5.81. The number of nitrogens with zero attached hydrogens (tertiary/aromatic N) is 2. The highest BCUT2D eigenvalue weighted by molar-refractivity contribution is 5.78. The zero-order chi connectivity index (χ0) is 19.9. The molecular formula is C24H31N3O2. The van der Waals surface area contributed by atoms with Crippen LogP contribution < -0.4 is 10.1 Å². The number of benzene rings is 2. The molecule has 2 aliphatic rings. The first-order valence-electron chi connectivity index (χ1n) is 10.7. The predicted molar refractivity (Wildman–Crippen MR) is 115 cm³/mol. The van der Waals surface area contributed by atoms with Gasteiger partial charge < -0.3 is 15.0 Å². The Morgan fingerprint density at radius 3 is 2.76 bits per heavy atom. The Kier molecular flexibility index (Phi) is 6.80. The highest BCUT2D eigenvalue weighted by Gasteiger charge is 2.23. The van der Waals surface area contributed by atoms with Crippen molar-refractivity contribution in [2.45, 2.75) is 31.8 Å². The van der Waals surface area contributed by atoms with Crippen molar-refractivity contribution >= 4 is 5.91 Å². The first-order valence-corrected chi connectivity index (χ1v) is 10.7. The van der Waals surface area contributed by atoms with Crippen molar-refractivity contribution in [2.75, 3.05) is 39.3 Å². The zero-order valence-electron chi connectivity index (χ0n) is 17.1. The summed E-state index contributed by atoms with van der Waals surface area (Å²) >= 11 is 0. The van der Waals surface area contributed by atoms with Crippen molar-refractivity contribution < 1.29 is 9.53 Å². The monoisotopic (exact) mass is 393 g/mol. The van der Waals surface area contributed by atoms with Crippen LogP contribution in [0.4, 0.5) is 0 Å². The lowest BCUT2D eigenvalue weighted by Crippen LogP contribution is -2.50. The molecule has 0 aromatic heterocycles. The largest absolute Gasteiger partial charge is 0.492 e. The molecule has 1 unspecified atom stereocenters. The Morgan fingerprint density at radius 2 is 1.86 bits per heavy atom. The van der Waals surface area contributed by atoms with Crippen LogP contribution in [0, 0.1) is 0 Å². The number of likely N-dealkylation sites (tertiary alicyclic amines) is 1. The fourth-order valence-electron chi connectivity index (χ4n) is 4.30. The third-order valence-electron chi connectivity index (χ3n) is 5.83. The number of para-hydroxylation sites is 1. The summed E-state index contributed by atoms with van der Waals surface area (Å²) in [5.41, 5.74) is 2.53. The van der Waals surface area contributed by atoms with Gasteiger partial charge in [0.1, 0.15) is 12.4 Å². The maximum atomic E-state index is 12.7. The SMILES string of the molecule is O=C(CN1CCOc2ccccc2C1)NC1CCCN(CCc2ccccc2)C1. The lowest BCUT2D eigenvalue weighted by Gasteiger charge is -2.33. The molecular weight excluding hydrogens is 362 g/mol. The Bertz CT molecular complexity index is 796. The van der Waals surface area contributed by atoms with Crippen molar-refractivity contribution in [3.05, 3.63) is 65.7 Å². The number of carbonyl (C=O) groups is 1. The van der Waals surface area contributed by atoms with Crippen LogP contribution in [0.25, 0.3) is 0 Å². The average molecular weight is 394 g/mol. The standard InChI is InChI=1S/C24H31N3O2/c28-24(19-27-15-16-29-23-11-5-4-9-21(23)17-27)25-22-10-6-13-26(18-22)14-12-20-7-2-1-3-8-20/h1-5,7-9,11,22H,6,10,12-19H2,(H,25,28). The third-order valence-corrected chi connectivity index (χ3v) is 5.83. The Morgan fingerprint density at radius 1 is 1.03 bits per heavy atom. The van der Waals surface area contributed by atoms with Gasteiger partial charge >= 0.3 is 0 Å². The molecule has 1 atom stereocenters. The molecule has 0 bridgehead atoms. The van der Waals surface area contributed by atoms with E-state index in [1.54, 1.807) is 0 Å². The molecule has 1 amide bonds. The minimum absolute atomic E-state index is 0.124. The van der Waals surface area contributed by atoms with Crippen molar-refractivity contribution in [2.24, 2.45) is 0 Å². The number of amides is 1. The molecule has 5 heteroatoms. The van der Waals surface area contributed by atoms with Crippen LogP contribution in [-0.2, 0) is 17.8 Å². The van der Waals surface area contributed by atoms with Crippen LogP contribution in [0.3, 0.4) is 0 Å². The Balaban J connectivity index is 1.24. The van der Waals surface area contributed by atoms with E-state index in [-0.39, 0.29) is 11.9 Å². The summed E-state index contributed by atoms with van der Waals surface area (Å²) in [7, 11) is 0. The summed E-state index contributed by atoms with van der Waals surface area (Å²) in [6.45, 7) is 5.72. The molecule has 5 nitrogen and oxygen atoms in total. The summed E-state index contributed by atoms with van der Waals surface area (Å²) in [5, 5.41) is 3.28. The average Bonchev–Trinajstić information content (AvgIpc) is 2.95. The van der Waals surface area contributed by atoms with E-state index in [1.165, 1.54) is 5.56 Å². The quantitative estimate of drug-likeness (QED) is 0.820. The summed E-state index contributed by atoms with van der Waals surface area (Å²) < 4.78 is 5.81. The Labute approximate surface area is 173 Å². The number of hydrogen-bond donors (Lipinski definition) is 1. The van der Waals surface area contributed by atoms with Gasteiger partial charge in [-0.3, -0.25) is 9.69 Å². The van der Waals surface area contributed by atoms with Crippen molar-refractivity contribution in [3.63, 3.8) is 0 Å². The molecule has 2 aromatic rings. The molecule has 0 aliphatic carbocycles. The second kappa shape index (κ2) is 9.90. The smallest absolute Gasteiger partial charge is 0.234 e. The number of nitrogens with one attached hydrogen (secondary N) is 1. The highest BCUT2D eigenvalue weighted by atomic mass is 16.5. The lowest BCUT2D eigenvalue weighted by atomic mass is 10.0. The number of rotatable bonds is 6. The molecule has 2 aliphatic heterocycles. The fraction of sp³-hybridized carbons (Fsp3) is 0.458. The van der Waals surface area contributed by atoms with E-state index in [2.05, 4.69) is 51.5 Å². The van der Waals surface area contributed by atoms with E-state index >= 15 is 0 Å². The van der Waals surface area contributed by atoms with Gasteiger partial charge in [-0.15, -0.1) is 0 Å². The molecule has 1 N–H and O–H groups in total. The number of fused-ring (bicyclic) bond motifs is 1. The molecule has 29 heavy (non-hydrogen) atoms. The van der Waals surface area contributed by atoms with Gasteiger partial charge in [-0.05, 0) is 37.4 Å². The number of ether oxygens (including phenoxy) is 1. The summed E-state index contributed by atoms with van der Waals surface area (Å²) in [6.07, 6.45) is 3.28. The van der Waals surface area contributed by atoms with Gasteiger partial charge in [-0.2, -0.15) is 0 Å². The molecule has 1 fully saturated rings. The maximum Gasteiger partial charge on any atom is 0.234 e. The maximum absolute atomic E-state index is 12.7. The van der Waals surface area contributed by atoms with Gasteiger partial charge in [-0.1, -0.05) is 48.5 Å². The summed E-state index contributed by atoms with van der Waals surface area (Å²) in [5.74, 6) is 1.07. The molecule has 4 rings (SSSR count). The van der Waals surface area contributed by atoms with Crippen LogP contribution in [0.1, 0.15) is 24.0 Å². The van der Waals surface area contributed by atoms with E-state index in [4.69, 9.17) is 4.74 Å². The van der Waals surface area contributed by atoms with Gasteiger partial charge in [0, 0.05) is 37.8 Å². The number of piperidine rings is 1. The molecule has 0 spiro atoms. The summed E-state index contributed by atoms with van der Waals surface area (Å²) in [4.78, 5) is 17.3. The van der Waals surface area contributed by atoms with E-state index < -0.39 is 0 Å². The second-order valence-corrected chi connectivity index (χ2v) is 8.11. The van der Waals surface area contributed by atoms with Gasteiger partial charge in [-0.25, -0.2) is 0 Å². The van der Waals surface area contributed by atoms with E-state index in [1.807, 2.05) is 18.2 Å². The zero-order valence-corrected chi connectivity index (χ0v) is 17.1. The van der Waals surface area contributed by atoms with Crippen molar-refractivity contribution in [1.82, 2.24) is 15.1 Å².